The summed E-state index contributed by atoms with van der Waals surface area (Å²) in [6.45, 7) is 2.44. The molecule has 0 aliphatic carbocycles. The molecule has 1 aromatic carbocycles. The number of amides is 2. The van der Waals surface area contributed by atoms with Gasteiger partial charge in [-0.25, -0.2) is 0 Å². The van der Waals surface area contributed by atoms with E-state index in [1.807, 2.05) is 6.07 Å². The second-order valence-corrected chi connectivity index (χ2v) is 6.01. The molecule has 24 heavy (non-hydrogen) atoms. The fourth-order valence-electron chi connectivity index (χ4n) is 2.42. The van der Waals surface area contributed by atoms with Gasteiger partial charge >= 0.3 is 0 Å². The molecule has 0 atom stereocenters. The van der Waals surface area contributed by atoms with Gasteiger partial charge in [-0.2, -0.15) is 5.26 Å². The quantitative estimate of drug-likeness (QED) is 0.819. The number of hydrogen-bond acceptors (Lipinski definition) is 4. The highest BCUT2D eigenvalue weighted by molar-refractivity contribution is 5.94. The Kier molecular flexibility index (Phi) is 6.10. The summed E-state index contributed by atoms with van der Waals surface area (Å²) in [6, 6.07) is 8.68. The van der Waals surface area contributed by atoms with Gasteiger partial charge in [-0.15, -0.1) is 0 Å². The first-order chi connectivity index (χ1) is 11.5. The van der Waals surface area contributed by atoms with Gasteiger partial charge in [0.25, 0.3) is 5.91 Å². The molecule has 0 spiro atoms. The fourth-order valence-corrected chi connectivity index (χ4v) is 2.42. The van der Waals surface area contributed by atoms with Crippen molar-refractivity contribution < 1.29 is 9.59 Å². The van der Waals surface area contributed by atoms with Gasteiger partial charge in [0, 0.05) is 39.3 Å². The Bertz CT molecular complexity index is 689. The number of nitrogens with one attached hydrogen (secondary N) is 1. The monoisotopic (exact) mass is 326 g/mol. The summed E-state index contributed by atoms with van der Waals surface area (Å²) in [5.41, 5.74) is 2.12. The maximum atomic E-state index is 12.1. The van der Waals surface area contributed by atoms with E-state index in [9.17, 15) is 9.59 Å². The van der Waals surface area contributed by atoms with Crippen molar-refractivity contribution in [3.63, 3.8) is 0 Å². The first kappa shape index (κ1) is 17.7. The number of nitriles is 1. The minimum Gasteiger partial charge on any atom is -0.348 e. The number of rotatable bonds is 5. The average Bonchev–Trinajstić information content (AvgIpc) is 2.60. The number of nitrogens with zero attached hydrogens (tertiary/aromatic N) is 3. The molecular weight excluding hydrogens is 304 g/mol. The number of likely N-dealkylation sites (N-methyl/N-ethyl adjacent to an activating group) is 1. The summed E-state index contributed by atoms with van der Waals surface area (Å²) >= 11 is 0. The third kappa shape index (κ3) is 4.93. The molecule has 0 unspecified atom stereocenters. The second-order valence-electron chi connectivity index (χ2n) is 6.01. The standard InChI is InChI=1S/C18H22N4O2/c1-21(2)17(23)13-22-8-6-14(7-9-22)12-20-18(24)16-5-3-4-15(10-16)11-19/h3-6,10H,7-9,12-13H2,1-2H3,(H,20,24). The minimum absolute atomic E-state index is 0.0949. The largest absolute Gasteiger partial charge is 0.348 e. The van der Waals surface area contributed by atoms with E-state index in [0.717, 1.165) is 18.5 Å². The summed E-state index contributed by atoms with van der Waals surface area (Å²) < 4.78 is 0. The minimum atomic E-state index is -0.182. The van der Waals surface area contributed by atoms with E-state index in [1.165, 1.54) is 0 Å². The normalized spacial score (nSPS) is 14.5. The maximum absolute atomic E-state index is 12.1. The zero-order chi connectivity index (χ0) is 17.5. The van der Waals surface area contributed by atoms with Gasteiger partial charge in [0.05, 0.1) is 18.2 Å². The highest BCUT2D eigenvalue weighted by Gasteiger charge is 2.16. The lowest BCUT2D eigenvalue weighted by molar-refractivity contribution is -0.129. The predicted molar refractivity (Wildman–Crippen MR) is 91.3 cm³/mol. The fraction of sp³-hybridized carbons (Fsp3) is 0.389. The van der Waals surface area contributed by atoms with Crippen LogP contribution in [0, 0.1) is 11.3 Å². The Morgan fingerprint density at radius 2 is 2.17 bits per heavy atom. The van der Waals surface area contributed by atoms with Crippen LogP contribution in [0.5, 0.6) is 0 Å². The van der Waals surface area contributed by atoms with Crippen LogP contribution in [0.1, 0.15) is 22.3 Å². The Labute approximate surface area is 142 Å². The summed E-state index contributed by atoms with van der Waals surface area (Å²) in [7, 11) is 3.51. The molecule has 2 rings (SSSR count). The topological polar surface area (TPSA) is 76.4 Å². The van der Waals surface area contributed by atoms with Gasteiger partial charge in [-0.05, 0) is 24.6 Å². The van der Waals surface area contributed by atoms with Crippen LogP contribution in [0.2, 0.25) is 0 Å². The molecule has 6 nitrogen and oxygen atoms in total. The summed E-state index contributed by atoms with van der Waals surface area (Å²) in [6.07, 6.45) is 2.90. The SMILES string of the molecule is CN(C)C(=O)CN1CC=C(CNC(=O)c2cccc(C#N)c2)CC1. The average molecular weight is 326 g/mol. The number of benzene rings is 1. The molecule has 0 radical (unpaired) electrons. The third-order valence-electron chi connectivity index (χ3n) is 3.97. The Morgan fingerprint density at radius 1 is 1.38 bits per heavy atom. The molecule has 1 aromatic rings. The van der Waals surface area contributed by atoms with Crippen molar-refractivity contribution in [3.05, 3.63) is 47.0 Å². The highest BCUT2D eigenvalue weighted by atomic mass is 16.2. The molecule has 0 saturated heterocycles. The van der Waals surface area contributed by atoms with Gasteiger partial charge in [0.15, 0.2) is 0 Å². The van der Waals surface area contributed by atoms with Crippen LogP contribution in [0.3, 0.4) is 0 Å². The molecule has 1 aliphatic heterocycles. The molecule has 1 aliphatic rings. The van der Waals surface area contributed by atoms with Gasteiger partial charge in [0.2, 0.25) is 5.91 Å². The van der Waals surface area contributed by atoms with Crippen LogP contribution >= 0.6 is 0 Å². The zero-order valence-corrected chi connectivity index (χ0v) is 14.1. The van der Waals surface area contributed by atoms with Crippen molar-refractivity contribution in [1.82, 2.24) is 15.1 Å². The predicted octanol–water partition coefficient (Wildman–Crippen LogP) is 1.01. The van der Waals surface area contributed by atoms with Crippen LogP contribution in [0.4, 0.5) is 0 Å². The van der Waals surface area contributed by atoms with Crippen LogP contribution in [-0.4, -0.2) is 61.9 Å². The van der Waals surface area contributed by atoms with Crippen molar-refractivity contribution in [3.8, 4) is 6.07 Å². The molecule has 2 amide bonds. The van der Waals surface area contributed by atoms with Crippen molar-refractivity contribution in [2.45, 2.75) is 6.42 Å². The molecule has 126 valence electrons. The molecule has 6 heteroatoms. The van der Waals surface area contributed by atoms with Crippen LogP contribution in [0.15, 0.2) is 35.9 Å². The van der Waals surface area contributed by atoms with E-state index in [-0.39, 0.29) is 11.8 Å². The number of hydrogen-bond donors (Lipinski definition) is 1. The van der Waals surface area contributed by atoms with Crippen molar-refractivity contribution >= 4 is 11.8 Å². The van der Waals surface area contributed by atoms with Gasteiger partial charge in [0.1, 0.15) is 0 Å². The first-order valence-electron chi connectivity index (χ1n) is 7.88. The second kappa shape index (κ2) is 8.27. The lowest BCUT2D eigenvalue weighted by atomic mass is 10.1. The first-order valence-corrected chi connectivity index (χ1v) is 7.88. The summed E-state index contributed by atoms with van der Waals surface area (Å²) in [4.78, 5) is 27.5. The molecular formula is C18H22N4O2. The van der Waals surface area contributed by atoms with Crippen molar-refractivity contribution in [2.24, 2.45) is 0 Å². The Morgan fingerprint density at radius 3 is 2.79 bits per heavy atom. The van der Waals surface area contributed by atoms with Crippen LogP contribution in [0.25, 0.3) is 0 Å². The third-order valence-corrected chi connectivity index (χ3v) is 3.97. The number of carbonyl (C=O) groups is 2. The lowest BCUT2D eigenvalue weighted by Crippen LogP contribution is -2.39. The Balaban J connectivity index is 1.83. The van der Waals surface area contributed by atoms with E-state index in [0.29, 0.717) is 30.8 Å². The van der Waals surface area contributed by atoms with E-state index >= 15 is 0 Å². The molecule has 1 heterocycles. The highest BCUT2D eigenvalue weighted by Crippen LogP contribution is 2.10. The summed E-state index contributed by atoms with van der Waals surface area (Å²) in [5.74, 6) is -0.0873. The maximum Gasteiger partial charge on any atom is 0.251 e. The summed E-state index contributed by atoms with van der Waals surface area (Å²) in [5, 5.41) is 11.8. The lowest BCUT2D eigenvalue weighted by Gasteiger charge is -2.26. The van der Waals surface area contributed by atoms with Crippen LogP contribution in [-0.2, 0) is 4.79 Å². The van der Waals surface area contributed by atoms with E-state index in [2.05, 4.69) is 16.3 Å². The van der Waals surface area contributed by atoms with Gasteiger partial charge in [-0.3, -0.25) is 14.5 Å². The molecule has 0 fully saturated rings. The molecule has 1 N–H and O–H groups in total. The Hall–Kier alpha value is -2.65. The smallest absolute Gasteiger partial charge is 0.251 e. The van der Waals surface area contributed by atoms with Gasteiger partial charge < -0.3 is 10.2 Å². The number of carbonyl (C=O) groups excluding carboxylic acids is 2. The molecule has 0 aromatic heterocycles. The van der Waals surface area contributed by atoms with E-state index in [1.54, 1.807) is 43.3 Å². The zero-order valence-electron chi connectivity index (χ0n) is 14.1. The van der Waals surface area contributed by atoms with E-state index in [4.69, 9.17) is 5.26 Å². The van der Waals surface area contributed by atoms with Crippen molar-refractivity contribution in [2.75, 3.05) is 40.3 Å². The molecule has 0 bridgehead atoms. The van der Waals surface area contributed by atoms with Gasteiger partial charge in [-0.1, -0.05) is 17.7 Å². The van der Waals surface area contributed by atoms with Crippen molar-refractivity contribution in [1.29, 1.82) is 5.26 Å². The molecule has 0 saturated carbocycles. The van der Waals surface area contributed by atoms with E-state index < -0.39 is 0 Å². The van der Waals surface area contributed by atoms with Crippen LogP contribution < -0.4 is 5.32 Å².